The molecule has 2 aromatic heterocycles. The number of nitrogens with zero attached hydrogens (tertiary/aromatic N) is 2. The number of rotatable bonds is 3. The van der Waals surface area contributed by atoms with Gasteiger partial charge in [0.25, 0.3) is 5.91 Å². The second kappa shape index (κ2) is 5.79. The number of amides is 1. The fourth-order valence-corrected chi connectivity index (χ4v) is 3.61. The minimum absolute atomic E-state index is 0.0337. The van der Waals surface area contributed by atoms with E-state index in [-0.39, 0.29) is 5.91 Å². The smallest absolute Gasteiger partial charge is 0.267 e. The summed E-state index contributed by atoms with van der Waals surface area (Å²) in [6.45, 7) is 3.94. The van der Waals surface area contributed by atoms with Crippen LogP contribution in [0.2, 0.25) is 0 Å². The molecule has 0 aliphatic heterocycles. The maximum Gasteiger partial charge on any atom is 0.274 e. The number of thiophene rings is 1. The molecular weight excluding hydrogens is 300 g/mol. The summed E-state index contributed by atoms with van der Waals surface area (Å²) in [7, 11) is 0. The van der Waals surface area contributed by atoms with Gasteiger partial charge in [-0.3, -0.25) is 9.69 Å². The van der Waals surface area contributed by atoms with Crippen molar-refractivity contribution in [3.8, 4) is 0 Å². The number of hydrogen-bond donors (Lipinski definition) is 0. The molecule has 5 heteroatoms. The van der Waals surface area contributed by atoms with Crippen LogP contribution in [0, 0.1) is 13.8 Å². The Hall–Kier alpha value is -1.98. The Bertz CT molecular complexity index is 761. The van der Waals surface area contributed by atoms with Gasteiger partial charge in [0.2, 0.25) is 0 Å². The van der Waals surface area contributed by atoms with Gasteiger partial charge in [-0.05, 0) is 38.1 Å². The zero-order valence-electron chi connectivity index (χ0n) is 11.7. The monoisotopic (exact) mass is 314 g/mol. The van der Waals surface area contributed by atoms with Crippen LogP contribution in [0.4, 0.5) is 10.8 Å². The van der Waals surface area contributed by atoms with E-state index in [0.29, 0.717) is 5.13 Å². The van der Waals surface area contributed by atoms with Crippen molar-refractivity contribution in [1.82, 2.24) is 4.98 Å². The Morgan fingerprint density at radius 1 is 1.10 bits per heavy atom. The van der Waals surface area contributed by atoms with Crippen molar-refractivity contribution in [3.63, 3.8) is 0 Å². The van der Waals surface area contributed by atoms with Crippen LogP contribution in [0.1, 0.15) is 20.2 Å². The van der Waals surface area contributed by atoms with E-state index in [9.17, 15) is 4.79 Å². The first kappa shape index (κ1) is 14.0. The summed E-state index contributed by atoms with van der Waals surface area (Å²) in [6.07, 6.45) is 0. The van der Waals surface area contributed by atoms with Gasteiger partial charge in [0.05, 0.1) is 16.3 Å². The molecule has 3 aromatic rings. The number of aryl methyl sites for hydroxylation is 2. The summed E-state index contributed by atoms with van der Waals surface area (Å²) in [5.41, 5.74) is 1.76. The summed E-state index contributed by atoms with van der Waals surface area (Å²) in [6, 6.07) is 13.5. The molecule has 3 nitrogen and oxygen atoms in total. The molecule has 0 spiro atoms. The van der Waals surface area contributed by atoms with Crippen LogP contribution in [-0.2, 0) is 0 Å². The van der Waals surface area contributed by atoms with Crippen molar-refractivity contribution in [3.05, 3.63) is 63.3 Å². The quantitative estimate of drug-likeness (QED) is 0.695. The molecule has 0 saturated heterocycles. The van der Waals surface area contributed by atoms with Gasteiger partial charge in [0.15, 0.2) is 5.13 Å². The van der Waals surface area contributed by atoms with Gasteiger partial charge < -0.3 is 0 Å². The number of thiazole rings is 1. The molecule has 0 unspecified atom stereocenters. The number of hydrogen-bond acceptors (Lipinski definition) is 4. The van der Waals surface area contributed by atoms with Crippen molar-refractivity contribution in [1.29, 1.82) is 0 Å². The SMILES string of the molecule is Cc1csc(N(C(=O)c2ccc(C)s2)c2ccccc2)n1. The average molecular weight is 314 g/mol. The number of benzene rings is 1. The van der Waals surface area contributed by atoms with E-state index in [1.165, 1.54) is 22.7 Å². The lowest BCUT2D eigenvalue weighted by atomic mass is 10.3. The normalized spacial score (nSPS) is 10.6. The summed E-state index contributed by atoms with van der Waals surface area (Å²) < 4.78 is 0. The number of aromatic nitrogens is 1. The topological polar surface area (TPSA) is 33.2 Å². The molecule has 0 radical (unpaired) electrons. The van der Waals surface area contributed by atoms with Crippen LogP contribution in [0.25, 0.3) is 0 Å². The van der Waals surface area contributed by atoms with Gasteiger partial charge in [-0.25, -0.2) is 4.98 Å². The van der Waals surface area contributed by atoms with Crippen molar-refractivity contribution < 1.29 is 4.79 Å². The third-order valence-electron chi connectivity index (χ3n) is 2.97. The molecule has 3 rings (SSSR count). The molecule has 1 amide bonds. The maximum atomic E-state index is 12.9. The van der Waals surface area contributed by atoms with Gasteiger partial charge in [0, 0.05) is 10.3 Å². The first-order chi connectivity index (χ1) is 10.1. The standard InChI is InChI=1S/C16H14N2OS2/c1-11-10-20-16(17-11)18(13-6-4-3-5-7-13)15(19)14-9-8-12(2)21-14/h3-10H,1-2H3. The van der Waals surface area contributed by atoms with Crippen LogP contribution in [0.3, 0.4) is 0 Å². The molecule has 0 bridgehead atoms. The third-order valence-corrected chi connectivity index (χ3v) is 4.90. The van der Waals surface area contributed by atoms with Crippen molar-refractivity contribution in [2.75, 3.05) is 4.90 Å². The highest BCUT2D eigenvalue weighted by molar-refractivity contribution is 7.15. The lowest BCUT2D eigenvalue weighted by Gasteiger charge is -2.19. The van der Waals surface area contributed by atoms with Crippen LogP contribution in [-0.4, -0.2) is 10.9 Å². The zero-order valence-corrected chi connectivity index (χ0v) is 13.4. The summed E-state index contributed by atoms with van der Waals surface area (Å²) in [5.74, 6) is -0.0337. The Morgan fingerprint density at radius 2 is 1.86 bits per heavy atom. The number of para-hydroxylation sites is 1. The fourth-order valence-electron chi connectivity index (χ4n) is 2.00. The molecule has 0 fully saturated rings. The van der Waals surface area contributed by atoms with E-state index in [4.69, 9.17) is 0 Å². The molecule has 0 atom stereocenters. The van der Waals surface area contributed by atoms with Crippen molar-refractivity contribution in [2.24, 2.45) is 0 Å². The third kappa shape index (κ3) is 2.89. The highest BCUT2D eigenvalue weighted by atomic mass is 32.1. The molecule has 106 valence electrons. The van der Waals surface area contributed by atoms with Gasteiger partial charge in [0.1, 0.15) is 0 Å². The summed E-state index contributed by atoms with van der Waals surface area (Å²) in [5, 5.41) is 2.66. The zero-order chi connectivity index (χ0) is 14.8. The molecule has 1 aromatic carbocycles. The summed E-state index contributed by atoms with van der Waals surface area (Å²) in [4.78, 5) is 20.9. The lowest BCUT2D eigenvalue weighted by Crippen LogP contribution is -2.25. The van der Waals surface area contributed by atoms with E-state index >= 15 is 0 Å². The molecular formula is C16H14N2OS2. The lowest BCUT2D eigenvalue weighted by molar-refractivity contribution is 0.100. The Kier molecular flexibility index (Phi) is 3.86. The molecule has 0 aliphatic carbocycles. The predicted octanol–water partition coefficient (Wildman–Crippen LogP) is 4.80. The van der Waals surface area contributed by atoms with Gasteiger partial charge in [-0.1, -0.05) is 18.2 Å². The van der Waals surface area contributed by atoms with Crippen LogP contribution in [0.5, 0.6) is 0 Å². The highest BCUT2D eigenvalue weighted by Crippen LogP contribution is 2.31. The predicted molar refractivity (Wildman–Crippen MR) is 88.8 cm³/mol. The molecule has 0 saturated carbocycles. The van der Waals surface area contributed by atoms with E-state index in [1.807, 2.05) is 61.7 Å². The Morgan fingerprint density at radius 3 is 2.43 bits per heavy atom. The van der Waals surface area contributed by atoms with E-state index < -0.39 is 0 Å². The second-order valence-electron chi connectivity index (χ2n) is 4.66. The largest absolute Gasteiger partial charge is 0.274 e. The summed E-state index contributed by atoms with van der Waals surface area (Å²) >= 11 is 2.99. The van der Waals surface area contributed by atoms with Crippen molar-refractivity contribution >= 4 is 39.4 Å². The molecule has 2 heterocycles. The maximum absolute atomic E-state index is 12.9. The first-order valence-electron chi connectivity index (χ1n) is 6.53. The molecule has 0 N–H and O–H groups in total. The highest BCUT2D eigenvalue weighted by Gasteiger charge is 2.23. The van der Waals surface area contributed by atoms with Crippen LogP contribution < -0.4 is 4.90 Å². The second-order valence-corrected chi connectivity index (χ2v) is 6.78. The van der Waals surface area contributed by atoms with Crippen LogP contribution in [0.15, 0.2) is 47.8 Å². The minimum atomic E-state index is -0.0337. The molecule has 0 aliphatic rings. The molecule has 21 heavy (non-hydrogen) atoms. The number of carbonyl (C=O) groups excluding carboxylic acids is 1. The fraction of sp³-hybridized carbons (Fsp3) is 0.125. The van der Waals surface area contributed by atoms with Gasteiger partial charge >= 0.3 is 0 Å². The van der Waals surface area contributed by atoms with E-state index in [2.05, 4.69) is 4.98 Å². The van der Waals surface area contributed by atoms with Crippen LogP contribution >= 0.6 is 22.7 Å². The van der Waals surface area contributed by atoms with E-state index in [1.54, 1.807) is 4.90 Å². The Balaban J connectivity index is 2.06. The first-order valence-corrected chi connectivity index (χ1v) is 8.23. The average Bonchev–Trinajstić information content (AvgIpc) is 3.09. The number of carbonyl (C=O) groups is 1. The number of anilines is 2. The Labute approximate surface area is 131 Å². The van der Waals surface area contributed by atoms with E-state index in [0.717, 1.165) is 21.1 Å². The van der Waals surface area contributed by atoms with Gasteiger partial charge in [-0.2, -0.15) is 0 Å². The van der Waals surface area contributed by atoms with Crippen molar-refractivity contribution in [2.45, 2.75) is 13.8 Å². The minimum Gasteiger partial charge on any atom is -0.267 e. The van der Waals surface area contributed by atoms with Gasteiger partial charge in [-0.15, -0.1) is 22.7 Å².